The molecule has 92 valence electrons. The number of benzene rings is 1. The number of rotatable bonds is 2. The van der Waals surface area contributed by atoms with Crippen molar-refractivity contribution < 1.29 is 8.83 Å². The first-order valence-corrected chi connectivity index (χ1v) is 5.84. The van der Waals surface area contributed by atoms with E-state index in [2.05, 4.69) is 15.2 Å². The monoisotopic (exact) mass is 264 g/mol. The predicted molar refractivity (Wildman–Crippen MR) is 64.4 cm³/mol. The van der Waals surface area contributed by atoms with E-state index in [0.29, 0.717) is 32.8 Å². The average molecular weight is 264 g/mol. The molecule has 0 atom stereocenters. The molecule has 0 aliphatic rings. The molecule has 3 N–H and O–H groups in total. The fourth-order valence-corrected chi connectivity index (χ4v) is 2.28. The number of nitrogens with two attached hydrogens (primary N) is 1. The van der Waals surface area contributed by atoms with Crippen LogP contribution in [0, 0.1) is 6.92 Å². The summed E-state index contributed by atoms with van der Waals surface area (Å²) in [7, 11) is 0. The van der Waals surface area contributed by atoms with Crippen molar-refractivity contribution in [1.82, 2.24) is 15.2 Å². The summed E-state index contributed by atoms with van der Waals surface area (Å²) < 4.78 is 10.2. The maximum Gasteiger partial charge on any atom is 0.417 e. The second-order valence-electron chi connectivity index (χ2n) is 3.59. The van der Waals surface area contributed by atoms with Crippen molar-refractivity contribution in [2.75, 3.05) is 5.73 Å². The minimum Gasteiger partial charge on any atom is -0.416 e. The fraction of sp³-hybridized carbons (Fsp3) is 0.100. The number of aromatic nitrogens is 3. The van der Waals surface area contributed by atoms with Crippen LogP contribution in [0.1, 0.15) is 5.89 Å². The van der Waals surface area contributed by atoms with E-state index < -0.39 is 5.76 Å². The molecular formula is C10H8N4O3S. The molecule has 8 heteroatoms. The van der Waals surface area contributed by atoms with Gasteiger partial charge in [0, 0.05) is 23.6 Å². The van der Waals surface area contributed by atoms with Gasteiger partial charge in [0.05, 0.1) is 5.52 Å². The first-order chi connectivity index (χ1) is 8.61. The predicted octanol–water partition coefficient (Wildman–Crippen LogP) is 1.55. The molecule has 0 spiro atoms. The van der Waals surface area contributed by atoms with E-state index in [4.69, 9.17) is 14.6 Å². The van der Waals surface area contributed by atoms with Gasteiger partial charge in [-0.15, -0.1) is 10.2 Å². The molecule has 0 unspecified atom stereocenters. The van der Waals surface area contributed by atoms with Crippen LogP contribution in [0.25, 0.3) is 11.1 Å². The van der Waals surface area contributed by atoms with Crippen LogP contribution < -0.4 is 11.5 Å². The molecule has 18 heavy (non-hydrogen) atoms. The van der Waals surface area contributed by atoms with Crippen molar-refractivity contribution in [2.45, 2.75) is 17.0 Å². The van der Waals surface area contributed by atoms with Crippen molar-refractivity contribution in [3.05, 3.63) is 28.6 Å². The van der Waals surface area contributed by atoms with E-state index in [0.717, 1.165) is 0 Å². The standard InChI is InChI=1S/C10H8N4O3S/c1-4-13-14-10(16-4)18-8-3-6-7(2-5(8)11)17-9(15)12-6/h2-3H,11H2,1H3,(H,12,15). The molecular weight excluding hydrogens is 256 g/mol. The third-order valence-corrected chi connectivity index (χ3v) is 3.17. The summed E-state index contributed by atoms with van der Waals surface area (Å²) in [5.74, 6) is -0.0333. The van der Waals surface area contributed by atoms with E-state index in [9.17, 15) is 4.79 Å². The smallest absolute Gasteiger partial charge is 0.416 e. The number of hydrogen-bond acceptors (Lipinski definition) is 7. The Balaban J connectivity index is 2.05. The molecule has 0 aliphatic heterocycles. The van der Waals surface area contributed by atoms with Gasteiger partial charge in [0.1, 0.15) is 0 Å². The first kappa shape index (κ1) is 10.9. The number of aryl methyl sites for hydroxylation is 1. The Morgan fingerprint density at radius 3 is 2.89 bits per heavy atom. The summed E-state index contributed by atoms with van der Waals surface area (Å²) in [6.45, 7) is 1.71. The molecule has 3 aromatic rings. The molecule has 2 aromatic heterocycles. The van der Waals surface area contributed by atoms with Gasteiger partial charge in [0.25, 0.3) is 5.22 Å². The molecule has 0 radical (unpaired) electrons. The number of H-pyrrole nitrogens is 1. The number of fused-ring (bicyclic) bond motifs is 1. The van der Waals surface area contributed by atoms with E-state index in [1.54, 1.807) is 19.1 Å². The lowest BCUT2D eigenvalue weighted by Gasteiger charge is -2.01. The Kier molecular flexibility index (Phi) is 2.37. The molecule has 3 rings (SSSR count). The van der Waals surface area contributed by atoms with Gasteiger partial charge in [0.15, 0.2) is 5.58 Å². The zero-order valence-corrected chi connectivity index (χ0v) is 10.1. The maximum absolute atomic E-state index is 11.1. The highest BCUT2D eigenvalue weighted by molar-refractivity contribution is 7.99. The normalized spacial score (nSPS) is 11.2. The topological polar surface area (TPSA) is 111 Å². The number of aromatic amines is 1. The first-order valence-electron chi connectivity index (χ1n) is 5.02. The van der Waals surface area contributed by atoms with Crippen LogP contribution in [-0.4, -0.2) is 15.2 Å². The summed E-state index contributed by atoms with van der Waals surface area (Å²) in [6.07, 6.45) is 0. The van der Waals surface area contributed by atoms with E-state index in [1.165, 1.54) is 11.8 Å². The van der Waals surface area contributed by atoms with Gasteiger partial charge in [-0.25, -0.2) is 4.79 Å². The van der Waals surface area contributed by atoms with Crippen LogP contribution in [0.4, 0.5) is 5.69 Å². The number of anilines is 1. The van der Waals surface area contributed by atoms with Crippen molar-refractivity contribution >= 4 is 28.5 Å². The number of nitrogen functional groups attached to an aromatic ring is 1. The van der Waals surface area contributed by atoms with Crippen molar-refractivity contribution in [1.29, 1.82) is 0 Å². The summed E-state index contributed by atoms with van der Waals surface area (Å²) in [5, 5.41) is 7.98. The summed E-state index contributed by atoms with van der Waals surface area (Å²) in [6, 6.07) is 3.29. The lowest BCUT2D eigenvalue weighted by atomic mass is 10.3. The van der Waals surface area contributed by atoms with Gasteiger partial charge in [0.2, 0.25) is 5.89 Å². The molecule has 0 saturated carbocycles. The highest BCUT2D eigenvalue weighted by Crippen LogP contribution is 2.33. The van der Waals surface area contributed by atoms with Gasteiger partial charge in [-0.2, -0.15) is 0 Å². The van der Waals surface area contributed by atoms with E-state index in [-0.39, 0.29) is 0 Å². The number of nitrogens with one attached hydrogen (secondary N) is 1. The zero-order valence-electron chi connectivity index (χ0n) is 9.26. The van der Waals surface area contributed by atoms with Crippen LogP contribution in [0.5, 0.6) is 0 Å². The Morgan fingerprint density at radius 1 is 1.33 bits per heavy atom. The van der Waals surface area contributed by atoms with Crippen molar-refractivity contribution in [3.8, 4) is 0 Å². The molecule has 0 amide bonds. The van der Waals surface area contributed by atoms with Crippen molar-refractivity contribution in [3.63, 3.8) is 0 Å². The van der Waals surface area contributed by atoms with Crippen LogP contribution in [0.3, 0.4) is 0 Å². The number of oxazole rings is 1. The molecule has 0 saturated heterocycles. The summed E-state index contributed by atoms with van der Waals surface area (Å²) >= 11 is 1.23. The summed E-state index contributed by atoms with van der Waals surface area (Å²) in [4.78, 5) is 14.3. The number of nitrogens with zero attached hydrogens (tertiary/aromatic N) is 2. The minimum absolute atomic E-state index is 0.393. The third kappa shape index (κ3) is 1.86. The maximum atomic E-state index is 11.1. The van der Waals surface area contributed by atoms with Gasteiger partial charge >= 0.3 is 5.76 Å². The molecule has 7 nitrogen and oxygen atoms in total. The summed E-state index contributed by atoms with van der Waals surface area (Å²) in [5.41, 5.74) is 7.34. The Morgan fingerprint density at radius 2 is 2.17 bits per heavy atom. The average Bonchev–Trinajstić information content (AvgIpc) is 2.85. The van der Waals surface area contributed by atoms with E-state index >= 15 is 0 Å². The lowest BCUT2D eigenvalue weighted by molar-refractivity contribution is 0.429. The van der Waals surface area contributed by atoms with Gasteiger partial charge in [-0.3, -0.25) is 4.98 Å². The van der Waals surface area contributed by atoms with Crippen LogP contribution in [-0.2, 0) is 0 Å². The highest BCUT2D eigenvalue weighted by atomic mass is 32.2. The molecule has 2 heterocycles. The Labute approximate surface area is 104 Å². The SMILES string of the molecule is Cc1nnc(Sc2cc3[nH]c(=O)oc3cc2N)o1. The third-order valence-electron chi connectivity index (χ3n) is 2.26. The van der Waals surface area contributed by atoms with Gasteiger partial charge in [-0.05, 0) is 17.8 Å². The Bertz CT molecular complexity index is 773. The van der Waals surface area contributed by atoms with Crippen LogP contribution in [0.15, 0.2) is 35.9 Å². The van der Waals surface area contributed by atoms with Gasteiger partial charge in [-0.1, -0.05) is 0 Å². The van der Waals surface area contributed by atoms with Gasteiger partial charge < -0.3 is 14.6 Å². The fourth-order valence-electron chi connectivity index (χ4n) is 1.50. The Hall–Kier alpha value is -2.22. The minimum atomic E-state index is -0.514. The number of hydrogen-bond donors (Lipinski definition) is 2. The second-order valence-corrected chi connectivity index (χ2v) is 4.58. The molecule has 0 fully saturated rings. The zero-order chi connectivity index (χ0) is 12.7. The highest BCUT2D eigenvalue weighted by Gasteiger charge is 2.11. The molecule has 0 aliphatic carbocycles. The van der Waals surface area contributed by atoms with Crippen LogP contribution >= 0.6 is 11.8 Å². The van der Waals surface area contributed by atoms with Crippen molar-refractivity contribution in [2.24, 2.45) is 0 Å². The van der Waals surface area contributed by atoms with E-state index in [1.807, 2.05) is 0 Å². The van der Waals surface area contributed by atoms with Crippen LogP contribution in [0.2, 0.25) is 0 Å². The lowest BCUT2D eigenvalue weighted by Crippen LogP contribution is -1.93. The quantitative estimate of drug-likeness (QED) is 0.675. The second kappa shape index (κ2) is 3.91. The molecule has 1 aromatic carbocycles. The molecule has 0 bridgehead atoms. The largest absolute Gasteiger partial charge is 0.417 e.